The van der Waals surface area contributed by atoms with Crippen molar-refractivity contribution in [3.63, 3.8) is 0 Å². The summed E-state index contributed by atoms with van der Waals surface area (Å²) in [6.07, 6.45) is 6.46. The highest BCUT2D eigenvalue weighted by Crippen LogP contribution is 2.06. The molecule has 0 saturated carbocycles. The summed E-state index contributed by atoms with van der Waals surface area (Å²) in [6, 6.07) is 0. The molecule has 1 heterocycles. The van der Waals surface area contributed by atoms with Gasteiger partial charge < -0.3 is 0 Å². The van der Waals surface area contributed by atoms with Gasteiger partial charge in [0.25, 0.3) is 0 Å². The Labute approximate surface area is 89.5 Å². The topological polar surface area (TPSA) is 8.81 Å². The van der Waals surface area contributed by atoms with Gasteiger partial charge in [0.05, 0.1) is 13.1 Å². The van der Waals surface area contributed by atoms with Crippen molar-refractivity contribution in [2.45, 2.75) is 52.1 Å². The van der Waals surface area contributed by atoms with Crippen LogP contribution in [0.2, 0.25) is 0 Å². The summed E-state index contributed by atoms with van der Waals surface area (Å²) in [7, 11) is 0. The number of rotatable bonds is 7. The maximum atomic E-state index is 11.9. The maximum Gasteiger partial charge on any atom is 0.243 e. The van der Waals surface area contributed by atoms with Crippen LogP contribution in [-0.4, -0.2) is 11.0 Å². The molecule has 0 bridgehead atoms. The quantitative estimate of drug-likeness (QED) is 0.490. The zero-order chi connectivity index (χ0) is 11.1. The highest BCUT2D eigenvalue weighted by atomic mass is 19.3. The van der Waals surface area contributed by atoms with E-state index in [2.05, 4.69) is 16.1 Å². The number of aryl methyl sites for hydroxylation is 2. The van der Waals surface area contributed by atoms with Crippen molar-refractivity contribution in [1.82, 2.24) is 4.57 Å². The second-order valence-corrected chi connectivity index (χ2v) is 3.78. The zero-order valence-electron chi connectivity index (χ0n) is 9.20. The van der Waals surface area contributed by atoms with Crippen molar-refractivity contribution in [3.8, 4) is 0 Å². The Bertz CT molecular complexity index is 271. The fraction of sp³-hybridized carbons (Fsp3) is 0.727. The molecule has 0 aromatic carbocycles. The van der Waals surface area contributed by atoms with E-state index in [-0.39, 0.29) is 6.42 Å². The van der Waals surface area contributed by atoms with Crippen molar-refractivity contribution < 1.29 is 13.3 Å². The van der Waals surface area contributed by atoms with Gasteiger partial charge in [-0.05, 0) is 19.3 Å². The number of hydrogen-bond donors (Lipinski definition) is 0. The lowest BCUT2D eigenvalue weighted by Crippen LogP contribution is -2.30. The molecule has 0 aliphatic rings. The second-order valence-electron chi connectivity index (χ2n) is 3.78. The number of alkyl halides is 2. The molecule has 2 nitrogen and oxygen atoms in total. The van der Waals surface area contributed by atoms with Gasteiger partial charge in [-0.3, -0.25) is 0 Å². The lowest BCUT2D eigenvalue weighted by Gasteiger charge is -1.97. The van der Waals surface area contributed by atoms with E-state index in [9.17, 15) is 8.78 Å². The van der Waals surface area contributed by atoms with Gasteiger partial charge >= 0.3 is 0 Å². The van der Waals surface area contributed by atoms with Crippen LogP contribution >= 0.6 is 0 Å². The van der Waals surface area contributed by atoms with E-state index in [0.29, 0.717) is 6.42 Å². The summed E-state index contributed by atoms with van der Waals surface area (Å²) in [4.78, 5) is 0. The van der Waals surface area contributed by atoms with Crippen LogP contribution in [0.5, 0.6) is 0 Å². The summed E-state index contributed by atoms with van der Waals surface area (Å²) < 4.78 is 27.9. The Morgan fingerprint density at radius 1 is 1.33 bits per heavy atom. The van der Waals surface area contributed by atoms with Crippen LogP contribution in [0.15, 0.2) is 18.7 Å². The molecule has 0 aliphatic carbocycles. The molecule has 4 heteroatoms. The van der Waals surface area contributed by atoms with Crippen LogP contribution in [-0.2, 0) is 13.1 Å². The van der Waals surface area contributed by atoms with Crippen molar-refractivity contribution in [1.29, 1.82) is 0 Å². The van der Waals surface area contributed by atoms with Gasteiger partial charge in [-0.1, -0.05) is 6.92 Å². The van der Waals surface area contributed by atoms with Gasteiger partial charge in [0.2, 0.25) is 12.8 Å². The number of aromatic nitrogens is 2. The molecule has 0 aliphatic heterocycles. The fourth-order valence-corrected chi connectivity index (χ4v) is 1.55. The second kappa shape index (κ2) is 6.53. The summed E-state index contributed by atoms with van der Waals surface area (Å²) in [5, 5.41) is 0. The molecular formula is C11H19F2N2+. The monoisotopic (exact) mass is 217 g/mol. The van der Waals surface area contributed by atoms with Crippen LogP contribution in [0.4, 0.5) is 8.78 Å². The van der Waals surface area contributed by atoms with Crippen LogP contribution in [0.1, 0.15) is 32.6 Å². The van der Waals surface area contributed by atoms with Crippen molar-refractivity contribution in [2.24, 2.45) is 0 Å². The summed E-state index contributed by atoms with van der Waals surface area (Å²) in [5.41, 5.74) is 0. The first-order chi connectivity index (χ1) is 7.22. The number of imidazole rings is 1. The average Bonchev–Trinajstić information content (AvgIpc) is 2.61. The van der Waals surface area contributed by atoms with Crippen molar-refractivity contribution in [2.75, 3.05) is 0 Å². The molecule has 15 heavy (non-hydrogen) atoms. The fourth-order valence-electron chi connectivity index (χ4n) is 1.55. The number of hydrogen-bond acceptors (Lipinski definition) is 0. The first-order valence-corrected chi connectivity index (χ1v) is 5.55. The van der Waals surface area contributed by atoms with Crippen molar-refractivity contribution in [3.05, 3.63) is 18.7 Å². The number of nitrogens with zero attached hydrogens (tertiary/aromatic N) is 2. The first-order valence-electron chi connectivity index (χ1n) is 5.55. The number of halogens is 2. The van der Waals surface area contributed by atoms with Gasteiger partial charge in [0.15, 0.2) is 0 Å². The largest absolute Gasteiger partial charge is 0.243 e. The Kier molecular flexibility index (Phi) is 5.29. The number of unbranched alkanes of at least 4 members (excludes halogenated alkanes) is 1. The van der Waals surface area contributed by atoms with Crippen LogP contribution < -0.4 is 4.57 Å². The minimum absolute atomic E-state index is 0.0240. The Balaban J connectivity index is 2.19. The molecule has 1 aromatic rings. The van der Waals surface area contributed by atoms with E-state index in [4.69, 9.17) is 0 Å². The lowest BCUT2D eigenvalue weighted by atomic mass is 10.2. The van der Waals surface area contributed by atoms with Crippen LogP contribution in [0.3, 0.4) is 0 Å². The van der Waals surface area contributed by atoms with Crippen LogP contribution in [0.25, 0.3) is 0 Å². The highest BCUT2D eigenvalue weighted by Gasteiger charge is 2.04. The summed E-state index contributed by atoms with van der Waals surface area (Å²) >= 11 is 0. The Hall–Kier alpha value is -0.930. The summed E-state index contributed by atoms with van der Waals surface area (Å²) in [5.74, 6) is 0. The Morgan fingerprint density at radius 2 is 2.13 bits per heavy atom. The molecule has 0 atom stereocenters. The molecule has 86 valence electrons. The van der Waals surface area contributed by atoms with E-state index in [1.165, 1.54) is 0 Å². The molecule has 1 rings (SSSR count). The average molecular weight is 217 g/mol. The van der Waals surface area contributed by atoms with E-state index < -0.39 is 6.43 Å². The molecule has 0 saturated heterocycles. The van der Waals surface area contributed by atoms with Gasteiger partial charge in [0, 0.05) is 6.42 Å². The van der Waals surface area contributed by atoms with Gasteiger partial charge in [-0.15, -0.1) is 0 Å². The van der Waals surface area contributed by atoms with E-state index in [1.54, 1.807) is 0 Å². The smallest absolute Gasteiger partial charge is 0.237 e. The maximum absolute atomic E-state index is 11.9. The normalized spacial score (nSPS) is 11.2. The van der Waals surface area contributed by atoms with Crippen molar-refractivity contribution >= 4 is 0 Å². The Morgan fingerprint density at radius 3 is 2.80 bits per heavy atom. The predicted molar refractivity (Wildman–Crippen MR) is 54.8 cm³/mol. The minimum atomic E-state index is -2.15. The minimum Gasteiger partial charge on any atom is -0.237 e. The van der Waals surface area contributed by atoms with Gasteiger partial charge in [-0.2, -0.15) is 0 Å². The molecule has 0 radical (unpaired) electrons. The highest BCUT2D eigenvalue weighted by molar-refractivity contribution is 4.66. The molecule has 0 unspecified atom stereocenters. The van der Waals surface area contributed by atoms with Gasteiger partial charge in [-0.25, -0.2) is 17.9 Å². The van der Waals surface area contributed by atoms with Gasteiger partial charge in [0.1, 0.15) is 12.4 Å². The van der Waals surface area contributed by atoms with Crippen LogP contribution in [0, 0.1) is 0 Å². The first kappa shape index (κ1) is 12.1. The standard InChI is InChI=1S/C11H19F2N2/c1-2-6-14-8-9-15(10-14)7-4-3-5-11(12)13/h8-11H,2-7H2,1H3/q+1. The third-order valence-corrected chi connectivity index (χ3v) is 2.32. The molecule has 0 N–H and O–H groups in total. The molecular weight excluding hydrogens is 198 g/mol. The molecule has 0 spiro atoms. The predicted octanol–water partition coefficient (Wildman–Crippen LogP) is 2.62. The van der Waals surface area contributed by atoms with E-state index in [0.717, 1.165) is 25.9 Å². The van der Waals surface area contributed by atoms with E-state index in [1.807, 2.05) is 18.7 Å². The summed E-state index contributed by atoms with van der Waals surface area (Å²) in [6.45, 7) is 3.99. The third-order valence-electron chi connectivity index (χ3n) is 2.32. The molecule has 1 aromatic heterocycles. The third kappa shape index (κ3) is 4.91. The molecule has 0 fully saturated rings. The zero-order valence-corrected chi connectivity index (χ0v) is 9.20. The lowest BCUT2D eigenvalue weighted by molar-refractivity contribution is -0.696. The van der Waals surface area contributed by atoms with E-state index >= 15 is 0 Å². The molecule has 0 amide bonds. The SMILES string of the molecule is CCC[n+]1ccn(CCCCC(F)F)c1.